The zero-order valence-corrected chi connectivity index (χ0v) is 29.7. The Morgan fingerprint density at radius 3 is 2.37 bits per heavy atom. The number of nitriles is 1. The van der Waals surface area contributed by atoms with Crippen LogP contribution in [-0.4, -0.2) is 62.4 Å². The van der Waals surface area contributed by atoms with Crippen LogP contribution in [0.5, 0.6) is 11.5 Å². The molecular weight excluding hydrogens is 695 g/mol. The van der Waals surface area contributed by atoms with E-state index < -0.39 is 18.2 Å². The molecule has 13 heteroatoms. The normalized spacial score (nSPS) is 18.1. The van der Waals surface area contributed by atoms with E-state index in [2.05, 4.69) is 16.0 Å². The number of esters is 1. The van der Waals surface area contributed by atoms with Crippen LogP contribution in [0.15, 0.2) is 79.1 Å². The number of nitrogens with zero attached hydrogens (tertiary/aromatic N) is 3. The standard InChI is InChI=1S/C38H36Cl2N4O6.H2O/c1-47-33-10-9-27(17-35(33)48-2)34(18-30-31(39)20-42-21-32(30)40)49-37(45)28-7-3-6-25(15-28)22-44(29-8-4-5-24(16-29)19-41)38(46)50-36-23-43-13-11-26(36)12-14-43;/h3-10,15-17,20-21,26,34,36H,11-14,18,22-23H2,1-2H3;1H2/t34-,36-;/m0./s1. The van der Waals surface area contributed by atoms with E-state index >= 15 is 0 Å². The minimum atomic E-state index is -0.801. The predicted molar refractivity (Wildman–Crippen MR) is 190 cm³/mol. The number of hydrogen-bond acceptors (Lipinski definition) is 9. The Hall–Kier alpha value is -4.86. The molecule has 0 spiro atoms. The first-order valence-electron chi connectivity index (χ1n) is 16.3. The van der Waals surface area contributed by atoms with Gasteiger partial charge in [0.25, 0.3) is 0 Å². The number of hydrogen-bond donors (Lipinski definition) is 0. The monoisotopic (exact) mass is 732 g/mol. The quantitative estimate of drug-likeness (QED) is 0.150. The molecule has 4 aromatic rings. The molecule has 0 aliphatic carbocycles. The van der Waals surface area contributed by atoms with Crippen molar-refractivity contribution in [2.24, 2.45) is 5.92 Å². The number of ether oxygens (including phenoxy) is 4. The summed E-state index contributed by atoms with van der Waals surface area (Å²) in [6, 6.07) is 21.2. The van der Waals surface area contributed by atoms with Crippen LogP contribution in [0.25, 0.3) is 0 Å². The van der Waals surface area contributed by atoms with Crippen molar-refractivity contribution in [3.63, 3.8) is 0 Å². The lowest BCUT2D eigenvalue weighted by atomic mass is 9.86. The van der Waals surface area contributed by atoms with Gasteiger partial charge in [-0.15, -0.1) is 0 Å². The molecule has 11 nitrogen and oxygen atoms in total. The average Bonchev–Trinajstić information content (AvgIpc) is 3.15. The molecule has 3 fully saturated rings. The van der Waals surface area contributed by atoms with Crippen LogP contribution in [0.4, 0.5) is 10.5 Å². The molecule has 0 unspecified atom stereocenters. The minimum Gasteiger partial charge on any atom is -0.870 e. The molecule has 7 rings (SSSR count). The lowest BCUT2D eigenvalue weighted by Gasteiger charge is -2.44. The van der Waals surface area contributed by atoms with Crippen molar-refractivity contribution in [3.05, 3.63) is 117 Å². The maximum Gasteiger partial charge on any atom is 0.414 e. The molecule has 1 amide bonds. The molecule has 266 valence electrons. The molecule has 2 atom stereocenters. The molecular formula is C38H38Cl2N4O7. The average molecular weight is 734 g/mol. The van der Waals surface area contributed by atoms with Gasteiger partial charge in [-0.25, -0.2) is 14.6 Å². The van der Waals surface area contributed by atoms with Gasteiger partial charge in [-0.05, 0) is 85.4 Å². The van der Waals surface area contributed by atoms with Crippen molar-refractivity contribution < 1.29 is 39.0 Å². The first-order valence-corrected chi connectivity index (χ1v) is 17.1. The van der Waals surface area contributed by atoms with E-state index in [1.165, 1.54) is 12.0 Å². The number of aromatic amines is 1. The van der Waals surface area contributed by atoms with Crippen molar-refractivity contribution in [2.45, 2.75) is 38.0 Å². The molecule has 2 bridgehead atoms. The maximum atomic E-state index is 13.8. The van der Waals surface area contributed by atoms with E-state index in [-0.39, 0.29) is 30.1 Å². The molecule has 4 heterocycles. The summed E-state index contributed by atoms with van der Waals surface area (Å²) in [5.74, 6) is 0.731. The predicted octanol–water partition coefficient (Wildman–Crippen LogP) is 6.90. The minimum absolute atomic E-state index is 0. The van der Waals surface area contributed by atoms with Gasteiger partial charge in [0.05, 0.1) is 38.0 Å². The number of carbonyl (C=O) groups excluding carboxylic acids is 2. The molecule has 0 saturated carbocycles. The molecule has 3 aromatic carbocycles. The van der Waals surface area contributed by atoms with Crippen molar-refractivity contribution in [2.75, 3.05) is 38.8 Å². The molecule has 1 aromatic heterocycles. The van der Waals surface area contributed by atoms with E-state index in [0.717, 1.165) is 25.9 Å². The number of halogens is 2. The van der Waals surface area contributed by atoms with Gasteiger partial charge in [0.2, 0.25) is 0 Å². The molecule has 3 aliphatic heterocycles. The highest BCUT2D eigenvalue weighted by molar-refractivity contribution is 6.35. The molecule has 2 N–H and O–H groups in total. The lowest BCUT2D eigenvalue weighted by molar-refractivity contribution is -0.377. The topological polar surface area (TPSA) is 145 Å². The summed E-state index contributed by atoms with van der Waals surface area (Å²) in [6.07, 6.45) is 3.89. The summed E-state index contributed by atoms with van der Waals surface area (Å²) in [5.41, 5.74) is 3.13. The lowest BCUT2D eigenvalue weighted by Crippen LogP contribution is -2.53. The number of pyridine rings is 1. The Morgan fingerprint density at radius 1 is 0.980 bits per heavy atom. The fraction of sp³-hybridized carbons (Fsp3) is 0.316. The van der Waals surface area contributed by atoms with E-state index in [0.29, 0.717) is 61.9 Å². The van der Waals surface area contributed by atoms with Crippen LogP contribution in [0.1, 0.15) is 51.6 Å². The third kappa shape index (κ3) is 8.72. The van der Waals surface area contributed by atoms with Gasteiger partial charge in [-0.1, -0.05) is 47.5 Å². The number of fused-ring (bicyclic) bond motifs is 3. The van der Waals surface area contributed by atoms with Crippen LogP contribution in [0.2, 0.25) is 10.0 Å². The van der Waals surface area contributed by atoms with Crippen molar-refractivity contribution in [1.29, 1.82) is 5.26 Å². The summed E-state index contributed by atoms with van der Waals surface area (Å²) in [5, 5.41) is 10.4. The highest BCUT2D eigenvalue weighted by Gasteiger charge is 2.37. The Kier molecular flexibility index (Phi) is 12.4. The van der Waals surface area contributed by atoms with Gasteiger partial charge in [0.15, 0.2) is 23.9 Å². The summed E-state index contributed by atoms with van der Waals surface area (Å²) in [6.45, 7) is 2.85. The number of anilines is 1. The van der Waals surface area contributed by atoms with Crippen molar-refractivity contribution in [1.82, 2.24) is 4.90 Å². The first-order chi connectivity index (χ1) is 24.3. The first kappa shape index (κ1) is 37.4. The zero-order valence-electron chi connectivity index (χ0n) is 28.2. The number of rotatable bonds is 11. The fourth-order valence-electron chi connectivity index (χ4n) is 6.56. The van der Waals surface area contributed by atoms with Crippen LogP contribution >= 0.6 is 23.2 Å². The van der Waals surface area contributed by atoms with E-state index in [1.54, 1.807) is 80.2 Å². The van der Waals surface area contributed by atoms with Crippen LogP contribution in [-0.2, 0) is 22.4 Å². The van der Waals surface area contributed by atoms with Gasteiger partial charge in [0, 0.05) is 24.2 Å². The van der Waals surface area contributed by atoms with Gasteiger partial charge < -0.3 is 24.4 Å². The number of aromatic nitrogens is 1. The highest BCUT2D eigenvalue weighted by Crippen LogP contribution is 2.36. The summed E-state index contributed by atoms with van der Waals surface area (Å²) >= 11 is 13.0. The maximum absolute atomic E-state index is 13.8. The Bertz CT molecular complexity index is 1890. The molecule has 3 saturated heterocycles. The number of nitrogens with one attached hydrogen (secondary N) is 1. The largest absolute Gasteiger partial charge is 0.870 e. The number of benzene rings is 3. The number of H-pyrrole nitrogens is 1. The van der Waals surface area contributed by atoms with Gasteiger partial charge in [-0.3, -0.25) is 9.80 Å². The Morgan fingerprint density at radius 2 is 1.71 bits per heavy atom. The van der Waals surface area contributed by atoms with E-state index in [9.17, 15) is 14.9 Å². The smallest absolute Gasteiger partial charge is 0.414 e. The number of methoxy groups -OCH3 is 2. The Labute approximate surface area is 306 Å². The SMILES string of the molecule is COc1ccc([C@H](Cc2c(Cl)c[nH+]cc2Cl)OC(=O)c2cccc(CN(C(=O)O[C@H]3CN4CCC3CC4)c3cccc(C#N)c3)c2)cc1OC.[OH-]. The second-order valence-corrected chi connectivity index (χ2v) is 13.2. The van der Waals surface area contributed by atoms with Gasteiger partial charge >= 0.3 is 12.1 Å². The summed E-state index contributed by atoms with van der Waals surface area (Å²) in [7, 11) is 3.07. The van der Waals surface area contributed by atoms with Gasteiger partial charge in [-0.2, -0.15) is 5.26 Å². The number of carbonyl (C=O) groups is 2. The van der Waals surface area contributed by atoms with Crippen molar-refractivity contribution >= 4 is 41.0 Å². The zero-order chi connectivity index (χ0) is 35.2. The fourth-order valence-corrected chi connectivity index (χ4v) is 7.09. The second-order valence-electron chi connectivity index (χ2n) is 12.4. The summed E-state index contributed by atoms with van der Waals surface area (Å²) in [4.78, 5) is 34.4. The third-order valence-corrected chi connectivity index (χ3v) is 9.95. The summed E-state index contributed by atoms with van der Waals surface area (Å²) < 4.78 is 23.2. The van der Waals surface area contributed by atoms with Gasteiger partial charge in [0.1, 0.15) is 22.3 Å². The molecule has 0 radical (unpaired) electrons. The number of amides is 1. The Balaban J connectivity index is 0.00000504. The highest BCUT2D eigenvalue weighted by atomic mass is 35.5. The molecule has 51 heavy (non-hydrogen) atoms. The van der Waals surface area contributed by atoms with E-state index in [4.69, 9.17) is 42.1 Å². The van der Waals surface area contributed by atoms with Crippen LogP contribution in [0.3, 0.4) is 0 Å². The third-order valence-electron chi connectivity index (χ3n) is 9.27. The van der Waals surface area contributed by atoms with E-state index in [1.807, 2.05) is 6.07 Å². The van der Waals surface area contributed by atoms with Crippen molar-refractivity contribution in [3.8, 4) is 17.6 Å². The molecule has 3 aliphatic rings. The van der Waals surface area contributed by atoms with Crippen LogP contribution in [0, 0.1) is 17.2 Å². The second kappa shape index (κ2) is 16.9. The number of piperidine rings is 3. The van der Waals surface area contributed by atoms with Crippen LogP contribution < -0.4 is 19.4 Å².